The molecule has 26 heavy (non-hydrogen) atoms. The van der Waals surface area contributed by atoms with E-state index in [9.17, 15) is 4.79 Å². The van der Waals surface area contributed by atoms with E-state index in [1.165, 1.54) is 22.6 Å². The van der Waals surface area contributed by atoms with Gasteiger partial charge in [0.25, 0.3) is 0 Å². The number of anilines is 1. The van der Waals surface area contributed by atoms with Crippen LogP contribution in [0, 0.1) is 0 Å². The summed E-state index contributed by atoms with van der Waals surface area (Å²) in [6, 6.07) is 12.7. The second-order valence-corrected chi connectivity index (χ2v) is 7.51. The number of benzene rings is 1. The molecule has 0 radical (unpaired) electrons. The van der Waals surface area contributed by atoms with Gasteiger partial charge in [0.05, 0.1) is 0 Å². The molecule has 2 aromatic heterocycles. The van der Waals surface area contributed by atoms with Gasteiger partial charge in [-0.1, -0.05) is 18.2 Å². The smallest absolute Gasteiger partial charge is 0.182 e. The fourth-order valence-corrected chi connectivity index (χ4v) is 4.31. The van der Waals surface area contributed by atoms with E-state index in [0.717, 1.165) is 30.0 Å². The molecule has 0 bridgehead atoms. The highest BCUT2D eigenvalue weighted by Crippen LogP contribution is 2.30. The molecule has 5 heteroatoms. The molecule has 3 aromatic rings. The normalized spacial score (nSPS) is 14.3. The first-order chi connectivity index (χ1) is 12.7. The SMILES string of the molecule is CC(CCC(=O)c1csc(-c2ccncc2)n1)N1CCc2ccccc21. The van der Waals surface area contributed by atoms with Crippen molar-refractivity contribution in [2.24, 2.45) is 0 Å². The fourth-order valence-electron chi connectivity index (χ4n) is 3.47. The van der Waals surface area contributed by atoms with Crippen LogP contribution in [-0.4, -0.2) is 28.3 Å². The summed E-state index contributed by atoms with van der Waals surface area (Å²) in [5.74, 6) is 0.126. The molecule has 0 saturated carbocycles. The summed E-state index contributed by atoms with van der Waals surface area (Å²) in [6.07, 6.45) is 5.95. The van der Waals surface area contributed by atoms with Crippen molar-refractivity contribution in [3.8, 4) is 10.6 Å². The molecule has 1 aliphatic heterocycles. The number of thiazole rings is 1. The Morgan fingerprint density at radius 3 is 2.88 bits per heavy atom. The van der Waals surface area contributed by atoms with Gasteiger partial charge in [-0.2, -0.15) is 0 Å². The number of pyridine rings is 1. The molecule has 1 aromatic carbocycles. The Hall–Kier alpha value is -2.53. The van der Waals surface area contributed by atoms with Gasteiger partial charge in [0.1, 0.15) is 10.7 Å². The number of fused-ring (bicyclic) bond motifs is 1. The summed E-state index contributed by atoms with van der Waals surface area (Å²) in [4.78, 5) is 23.5. The van der Waals surface area contributed by atoms with Crippen LogP contribution in [0.2, 0.25) is 0 Å². The largest absolute Gasteiger partial charge is 0.368 e. The number of Topliss-reactive ketones (excluding diaryl/α,β-unsaturated/α-hetero) is 1. The Kier molecular flexibility index (Phi) is 4.80. The van der Waals surface area contributed by atoms with Gasteiger partial charge in [0, 0.05) is 48.0 Å². The molecule has 4 nitrogen and oxygen atoms in total. The Bertz CT molecular complexity index is 906. The standard InChI is InChI=1S/C21H21N3OS/c1-15(24-13-10-16-4-2-3-5-19(16)24)6-7-20(25)18-14-26-21(23-18)17-8-11-22-12-9-17/h2-5,8-9,11-12,14-15H,6-7,10,13H2,1H3. The predicted molar refractivity (Wildman–Crippen MR) is 106 cm³/mol. The Morgan fingerprint density at radius 1 is 1.23 bits per heavy atom. The quantitative estimate of drug-likeness (QED) is 0.600. The van der Waals surface area contributed by atoms with Gasteiger partial charge in [-0.15, -0.1) is 11.3 Å². The highest BCUT2D eigenvalue weighted by Gasteiger charge is 2.23. The van der Waals surface area contributed by atoms with Crippen LogP contribution < -0.4 is 4.90 Å². The number of para-hydroxylation sites is 1. The van der Waals surface area contributed by atoms with Crippen molar-refractivity contribution < 1.29 is 4.79 Å². The van der Waals surface area contributed by atoms with Crippen molar-refractivity contribution in [1.82, 2.24) is 9.97 Å². The molecule has 132 valence electrons. The third kappa shape index (κ3) is 3.40. The first kappa shape index (κ1) is 16.9. The van der Waals surface area contributed by atoms with Crippen LogP contribution in [0.25, 0.3) is 10.6 Å². The van der Waals surface area contributed by atoms with Gasteiger partial charge in [-0.05, 0) is 43.5 Å². The number of nitrogens with zero attached hydrogens (tertiary/aromatic N) is 3. The summed E-state index contributed by atoms with van der Waals surface area (Å²) in [5.41, 5.74) is 4.31. The average molecular weight is 363 g/mol. The number of hydrogen-bond donors (Lipinski definition) is 0. The maximum absolute atomic E-state index is 12.6. The van der Waals surface area contributed by atoms with Crippen LogP contribution >= 0.6 is 11.3 Å². The summed E-state index contributed by atoms with van der Waals surface area (Å²) in [5, 5.41) is 2.74. The molecule has 1 atom stereocenters. The van der Waals surface area contributed by atoms with Crippen LogP contribution in [0.1, 0.15) is 35.8 Å². The van der Waals surface area contributed by atoms with Gasteiger partial charge in [-0.25, -0.2) is 4.98 Å². The van der Waals surface area contributed by atoms with Crippen LogP contribution in [0.5, 0.6) is 0 Å². The topological polar surface area (TPSA) is 46.1 Å². The average Bonchev–Trinajstić information content (AvgIpc) is 3.34. The van der Waals surface area contributed by atoms with Crippen LogP contribution in [-0.2, 0) is 6.42 Å². The van der Waals surface area contributed by atoms with Crippen LogP contribution in [0.15, 0.2) is 54.2 Å². The first-order valence-electron chi connectivity index (χ1n) is 8.96. The van der Waals surface area contributed by atoms with Crippen LogP contribution in [0.4, 0.5) is 5.69 Å². The molecule has 0 fully saturated rings. The Balaban J connectivity index is 1.38. The first-order valence-corrected chi connectivity index (χ1v) is 9.84. The molecular weight excluding hydrogens is 342 g/mol. The van der Waals surface area contributed by atoms with Crippen molar-refractivity contribution in [3.05, 3.63) is 65.4 Å². The minimum absolute atomic E-state index is 0.126. The lowest BCUT2D eigenvalue weighted by atomic mass is 10.1. The Labute approximate surface area is 157 Å². The zero-order chi connectivity index (χ0) is 17.9. The van der Waals surface area contributed by atoms with E-state index in [1.54, 1.807) is 12.4 Å². The molecule has 0 saturated heterocycles. The summed E-state index contributed by atoms with van der Waals surface area (Å²) >= 11 is 1.51. The van der Waals surface area contributed by atoms with E-state index in [2.05, 4.69) is 46.1 Å². The van der Waals surface area contributed by atoms with Crippen molar-refractivity contribution in [3.63, 3.8) is 0 Å². The lowest BCUT2D eigenvalue weighted by Gasteiger charge is -2.27. The maximum Gasteiger partial charge on any atom is 0.182 e. The zero-order valence-electron chi connectivity index (χ0n) is 14.8. The van der Waals surface area contributed by atoms with E-state index in [0.29, 0.717) is 18.2 Å². The predicted octanol–water partition coefficient (Wildman–Crippen LogP) is 4.62. The van der Waals surface area contributed by atoms with Gasteiger partial charge in [-0.3, -0.25) is 9.78 Å². The number of carbonyl (C=O) groups excluding carboxylic acids is 1. The van der Waals surface area contributed by atoms with E-state index in [-0.39, 0.29) is 5.78 Å². The zero-order valence-corrected chi connectivity index (χ0v) is 15.6. The molecular formula is C21H21N3OS. The molecule has 1 aliphatic rings. The number of carbonyl (C=O) groups is 1. The highest BCUT2D eigenvalue weighted by molar-refractivity contribution is 7.13. The second kappa shape index (κ2) is 7.38. The van der Waals surface area contributed by atoms with E-state index < -0.39 is 0 Å². The molecule has 3 heterocycles. The van der Waals surface area contributed by atoms with E-state index >= 15 is 0 Å². The minimum atomic E-state index is 0.126. The fraction of sp³-hybridized carbons (Fsp3) is 0.286. The third-order valence-corrected chi connectivity index (χ3v) is 5.85. The monoisotopic (exact) mass is 363 g/mol. The second-order valence-electron chi connectivity index (χ2n) is 6.66. The van der Waals surface area contributed by atoms with E-state index in [4.69, 9.17) is 0 Å². The molecule has 1 unspecified atom stereocenters. The Morgan fingerprint density at radius 2 is 2.04 bits per heavy atom. The highest BCUT2D eigenvalue weighted by atomic mass is 32.1. The lowest BCUT2D eigenvalue weighted by molar-refractivity contribution is 0.0973. The summed E-state index contributed by atoms with van der Waals surface area (Å²) < 4.78 is 0. The minimum Gasteiger partial charge on any atom is -0.368 e. The number of ketones is 1. The van der Waals surface area contributed by atoms with Gasteiger partial charge >= 0.3 is 0 Å². The maximum atomic E-state index is 12.6. The van der Waals surface area contributed by atoms with Gasteiger partial charge < -0.3 is 4.90 Å². The molecule has 0 N–H and O–H groups in total. The third-order valence-electron chi connectivity index (χ3n) is 4.96. The van der Waals surface area contributed by atoms with Crippen LogP contribution in [0.3, 0.4) is 0 Å². The number of hydrogen-bond acceptors (Lipinski definition) is 5. The molecule has 0 amide bonds. The number of rotatable bonds is 6. The van der Waals surface area contributed by atoms with Crippen molar-refractivity contribution in [2.75, 3.05) is 11.4 Å². The summed E-state index contributed by atoms with van der Waals surface area (Å²) in [6.45, 7) is 3.25. The lowest BCUT2D eigenvalue weighted by Crippen LogP contribution is -2.31. The van der Waals surface area contributed by atoms with Crippen molar-refractivity contribution >= 4 is 22.8 Å². The molecule has 0 spiro atoms. The molecule has 0 aliphatic carbocycles. The van der Waals surface area contributed by atoms with E-state index in [1.807, 2.05) is 17.5 Å². The summed E-state index contributed by atoms with van der Waals surface area (Å²) in [7, 11) is 0. The van der Waals surface area contributed by atoms with Crippen molar-refractivity contribution in [2.45, 2.75) is 32.2 Å². The molecule has 4 rings (SSSR count). The number of aromatic nitrogens is 2. The van der Waals surface area contributed by atoms with Gasteiger partial charge in [0.15, 0.2) is 5.78 Å². The van der Waals surface area contributed by atoms with Gasteiger partial charge in [0.2, 0.25) is 0 Å². The van der Waals surface area contributed by atoms with Crippen molar-refractivity contribution in [1.29, 1.82) is 0 Å².